The molecule has 0 bridgehead atoms. The van der Waals surface area contributed by atoms with Gasteiger partial charge in [0.25, 0.3) is 5.91 Å². The maximum Gasteiger partial charge on any atom is 0.416 e. The number of benzene rings is 3. The summed E-state index contributed by atoms with van der Waals surface area (Å²) < 4.78 is 44.5. The first-order chi connectivity index (χ1) is 16.3. The Morgan fingerprint density at radius 3 is 2.11 bits per heavy atom. The summed E-state index contributed by atoms with van der Waals surface area (Å²) in [5.74, 6) is -1.74. The van der Waals surface area contributed by atoms with E-state index in [0.29, 0.717) is 21.9 Å². The SMILES string of the molecule is CC(C)(C)[C@H](NC(=O)c1ccc2ccc(CO)cc2c1OCc1ccc(C(F)(F)F)cc1)C(=O)O. The number of fused-ring (bicyclic) bond motifs is 1. The van der Waals surface area contributed by atoms with Gasteiger partial charge in [0.2, 0.25) is 0 Å². The zero-order chi connectivity index (χ0) is 26.0. The number of hydrogen-bond donors (Lipinski definition) is 3. The zero-order valence-electron chi connectivity index (χ0n) is 19.4. The number of carbonyl (C=O) groups excluding carboxylic acids is 1. The van der Waals surface area contributed by atoms with Crippen LogP contribution in [0.5, 0.6) is 5.75 Å². The average Bonchev–Trinajstić information content (AvgIpc) is 2.79. The minimum atomic E-state index is -4.46. The third-order valence-electron chi connectivity index (χ3n) is 5.52. The van der Waals surface area contributed by atoms with Crippen molar-refractivity contribution in [1.82, 2.24) is 5.32 Å². The number of carboxylic acid groups (broad SMARTS) is 1. The second-order valence-corrected chi connectivity index (χ2v) is 9.25. The van der Waals surface area contributed by atoms with Crippen molar-refractivity contribution in [1.29, 1.82) is 0 Å². The number of carbonyl (C=O) groups is 2. The highest BCUT2D eigenvalue weighted by molar-refractivity contribution is 6.05. The number of nitrogens with one attached hydrogen (secondary N) is 1. The fourth-order valence-corrected chi connectivity index (χ4v) is 3.57. The standard InChI is InChI=1S/C26H26F3NO5/c1-25(2,3)22(24(33)34)30-23(32)19-11-8-17-7-4-16(13-31)12-20(17)21(19)35-14-15-5-9-18(10-6-15)26(27,28)29/h4-12,22,31H,13-14H2,1-3H3,(H,30,32)(H,33,34)/t22-/m1/s1. The molecule has 3 aromatic rings. The van der Waals surface area contributed by atoms with E-state index in [2.05, 4.69) is 5.32 Å². The number of aliphatic hydroxyl groups is 1. The lowest BCUT2D eigenvalue weighted by Crippen LogP contribution is -2.49. The van der Waals surface area contributed by atoms with Crippen molar-refractivity contribution in [2.45, 2.75) is 46.2 Å². The van der Waals surface area contributed by atoms with E-state index in [1.807, 2.05) is 0 Å². The average molecular weight is 489 g/mol. The van der Waals surface area contributed by atoms with Crippen molar-refractivity contribution < 1.29 is 37.7 Å². The fourth-order valence-electron chi connectivity index (χ4n) is 3.57. The summed E-state index contributed by atoms with van der Waals surface area (Å²) in [5.41, 5.74) is -0.495. The Balaban J connectivity index is 2.00. The molecule has 0 saturated heterocycles. The van der Waals surface area contributed by atoms with Crippen LogP contribution in [0.1, 0.15) is 47.8 Å². The Morgan fingerprint density at radius 1 is 0.971 bits per heavy atom. The predicted octanol–water partition coefficient (Wildman–Crippen LogP) is 5.16. The molecular formula is C26H26F3NO5. The first-order valence-corrected chi connectivity index (χ1v) is 10.8. The van der Waals surface area contributed by atoms with Gasteiger partial charge in [0.1, 0.15) is 18.4 Å². The molecule has 0 fully saturated rings. The van der Waals surface area contributed by atoms with Crippen LogP contribution < -0.4 is 10.1 Å². The Bertz CT molecular complexity index is 1230. The summed E-state index contributed by atoms with van der Waals surface area (Å²) in [6.45, 7) is 4.66. The topological polar surface area (TPSA) is 95.9 Å². The number of carboxylic acids is 1. The van der Waals surface area contributed by atoms with Gasteiger partial charge in [-0.05, 0) is 46.2 Å². The van der Waals surface area contributed by atoms with Crippen molar-refractivity contribution in [3.8, 4) is 5.75 Å². The molecule has 9 heteroatoms. The highest BCUT2D eigenvalue weighted by atomic mass is 19.4. The van der Waals surface area contributed by atoms with Gasteiger partial charge in [0, 0.05) is 5.39 Å². The molecule has 0 radical (unpaired) electrons. The van der Waals surface area contributed by atoms with Crippen LogP contribution in [0.15, 0.2) is 54.6 Å². The van der Waals surface area contributed by atoms with Crippen LogP contribution in [0.2, 0.25) is 0 Å². The van der Waals surface area contributed by atoms with Crippen molar-refractivity contribution in [2.75, 3.05) is 0 Å². The lowest BCUT2D eigenvalue weighted by Gasteiger charge is -2.28. The smallest absolute Gasteiger partial charge is 0.416 e. The molecule has 1 atom stereocenters. The molecule has 0 unspecified atom stereocenters. The van der Waals surface area contributed by atoms with Crippen LogP contribution in [0, 0.1) is 5.41 Å². The number of hydrogen-bond acceptors (Lipinski definition) is 4. The van der Waals surface area contributed by atoms with Crippen LogP contribution in [0.3, 0.4) is 0 Å². The van der Waals surface area contributed by atoms with Crippen LogP contribution in [-0.2, 0) is 24.2 Å². The molecular weight excluding hydrogens is 463 g/mol. The maximum absolute atomic E-state index is 13.2. The monoisotopic (exact) mass is 489 g/mol. The molecule has 0 saturated carbocycles. The van der Waals surface area contributed by atoms with Crippen molar-refractivity contribution in [3.63, 3.8) is 0 Å². The summed E-state index contributed by atoms with van der Waals surface area (Å²) in [6, 6.07) is 11.5. The number of halogens is 3. The highest BCUT2D eigenvalue weighted by Gasteiger charge is 2.34. The van der Waals surface area contributed by atoms with Gasteiger partial charge in [-0.1, -0.05) is 51.1 Å². The van der Waals surface area contributed by atoms with Crippen molar-refractivity contribution >= 4 is 22.6 Å². The zero-order valence-corrected chi connectivity index (χ0v) is 19.4. The first kappa shape index (κ1) is 26.0. The first-order valence-electron chi connectivity index (χ1n) is 10.8. The normalized spacial score (nSPS) is 12.9. The summed E-state index contributed by atoms with van der Waals surface area (Å²) >= 11 is 0. The molecule has 35 heavy (non-hydrogen) atoms. The van der Waals surface area contributed by atoms with Gasteiger partial charge in [-0.15, -0.1) is 0 Å². The molecule has 0 aromatic heterocycles. The predicted molar refractivity (Wildman–Crippen MR) is 124 cm³/mol. The minimum Gasteiger partial charge on any atom is -0.487 e. The summed E-state index contributed by atoms with van der Waals surface area (Å²) in [4.78, 5) is 24.9. The van der Waals surface area contributed by atoms with Crippen LogP contribution >= 0.6 is 0 Å². The third-order valence-corrected chi connectivity index (χ3v) is 5.52. The second kappa shape index (κ2) is 9.95. The van der Waals surface area contributed by atoms with E-state index in [1.165, 1.54) is 18.2 Å². The van der Waals surface area contributed by atoms with E-state index < -0.39 is 35.1 Å². The van der Waals surface area contributed by atoms with Crippen molar-refractivity contribution in [2.24, 2.45) is 5.41 Å². The van der Waals surface area contributed by atoms with E-state index in [9.17, 15) is 33.0 Å². The van der Waals surface area contributed by atoms with Gasteiger partial charge in [-0.25, -0.2) is 4.79 Å². The quantitative estimate of drug-likeness (QED) is 0.426. The van der Waals surface area contributed by atoms with E-state index in [1.54, 1.807) is 45.0 Å². The van der Waals surface area contributed by atoms with Gasteiger partial charge < -0.3 is 20.3 Å². The third kappa shape index (κ3) is 6.10. The molecule has 3 N–H and O–H groups in total. The van der Waals surface area contributed by atoms with E-state index in [-0.39, 0.29) is 24.5 Å². The molecule has 0 aliphatic carbocycles. The molecule has 0 aliphatic rings. The van der Waals surface area contributed by atoms with Crippen LogP contribution in [-0.4, -0.2) is 28.1 Å². The number of ether oxygens (including phenoxy) is 1. The summed E-state index contributed by atoms with van der Waals surface area (Å²) in [7, 11) is 0. The van der Waals surface area contributed by atoms with Gasteiger partial charge in [-0.2, -0.15) is 13.2 Å². The minimum absolute atomic E-state index is 0.0648. The highest BCUT2D eigenvalue weighted by Crippen LogP contribution is 2.33. The van der Waals surface area contributed by atoms with E-state index >= 15 is 0 Å². The van der Waals surface area contributed by atoms with E-state index in [4.69, 9.17) is 4.74 Å². The molecule has 6 nitrogen and oxygen atoms in total. The van der Waals surface area contributed by atoms with Crippen LogP contribution in [0.4, 0.5) is 13.2 Å². The molecule has 3 rings (SSSR count). The molecule has 0 heterocycles. The Morgan fingerprint density at radius 2 is 1.57 bits per heavy atom. The number of aliphatic carboxylic acids is 1. The molecule has 3 aromatic carbocycles. The Hall–Kier alpha value is -3.59. The number of rotatable bonds is 7. The van der Waals surface area contributed by atoms with Crippen molar-refractivity contribution in [3.05, 3.63) is 76.9 Å². The maximum atomic E-state index is 13.2. The van der Waals surface area contributed by atoms with Gasteiger partial charge in [0.05, 0.1) is 17.7 Å². The number of aliphatic hydroxyl groups excluding tert-OH is 1. The lowest BCUT2D eigenvalue weighted by atomic mass is 9.86. The second-order valence-electron chi connectivity index (χ2n) is 9.25. The van der Waals surface area contributed by atoms with Gasteiger partial charge in [-0.3, -0.25) is 4.79 Å². The summed E-state index contributed by atoms with van der Waals surface area (Å²) in [6.07, 6.45) is -4.46. The van der Waals surface area contributed by atoms with E-state index in [0.717, 1.165) is 12.1 Å². The molecule has 1 amide bonds. The Labute approximate surface area is 200 Å². The molecule has 186 valence electrons. The lowest BCUT2D eigenvalue weighted by molar-refractivity contribution is -0.142. The Kier molecular flexibility index (Phi) is 7.40. The summed E-state index contributed by atoms with van der Waals surface area (Å²) in [5, 5.41) is 22.9. The largest absolute Gasteiger partial charge is 0.487 e. The molecule has 0 spiro atoms. The number of amides is 1. The van der Waals surface area contributed by atoms with Crippen LogP contribution in [0.25, 0.3) is 10.8 Å². The fraction of sp³-hybridized carbons (Fsp3) is 0.308. The number of alkyl halides is 3. The van der Waals surface area contributed by atoms with Gasteiger partial charge >= 0.3 is 12.1 Å². The van der Waals surface area contributed by atoms with Gasteiger partial charge in [0.15, 0.2) is 0 Å². The molecule has 0 aliphatic heterocycles.